The SMILES string of the molecule is CC(C)N(C(=O)OCc1ccccc1)c1cccc(C(=O)O)c1. The predicted molar refractivity (Wildman–Crippen MR) is 87.6 cm³/mol. The lowest BCUT2D eigenvalue weighted by molar-refractivity contribution is 0.0696. The summed E-state index contributed by atoms with van der Waals surface area (Å²) in [6, 6.07) is 15.5. The molecule has 0 fully saturated rings. The van der Waals surface area contributed by atoms with Gasteiger partial charge in [-0.1, -0.05) is 36.4 Å². The Labute approximate surface area is 135 Å². The Morgan fingerprint density at radius 3 is 2.39 bits per heavy atom. The smallest absolute Gasteiger partial charge is 0.414 e. The van der Waals surface area contributed by atoms with E-state index in [0.29, 0.717) is 5.69 Å². The Balaban J connectivity index is 2.16. The maximum absolute atomic E-state index is 12.4. The molecular formula is C18H19NO4. The summed E-state index contributed by atoms with van der Waals surface area (Å²) >= 11 is 0. The van der Waals surface area contributed by atoms with Crippen molar-refractivity contribution in [1.82, 2.24) is 0 Å². The lowest BCUT2D eigenvalue weighted by Crippen LogP contribution is -2.37. The second-order valence-corrected chi connectivity index (χ2v) is 5.36. The molecule has 0 aliphatic heterocycles. The van der Waals surface area contributed by atoms with Crippen LogP contribution in [0.2, 0.25) is 0 Å². The molecule has 0 bridgehead atoms. The Morgan fingerprint density at radius 2 is 1.78 bits per heavy atom. The molecule has 1 amide bonds. The summed E-state index contributed by atoms with van der Waals surface area (Å²) < 4.78 is 5.35. The average molecular weight is 313 g/mol. The molecule has 1 N–H and O–H groups in total. The van der Waals surface area contributed by atoms with Crippen molar-refractivity contribution in [2.45, 2.75) is 26.5 Å². The van der Waals surface area contributed by atoms with Crippen LogP contribution in [0.3, 0.4) is 0 Å². The number of carboxylic acids is 1. The number of aromatic carboxylic acids is 1. The summed E-state index contributed by atoms with van der Waals surface area (Å²) in [4.78, 5) is 24.9. The number of hydrogen-bond donors (Lipinski definition) is 1. The summed E-state index contributed by atoms with van der Waals surface area (Å²) in [6.45, 7) is 3.86. The molecule has 0 unspecified atom stereocenters. The van der Waals surface area contributed by atoms with Gasteiger partial charge in [0.2, 0.25) is 0 Å². The van der Waals surface area contributed by atoms with E-state index in [0.717, 1.165) is 5.56 Å². The van der Waals surface area contributed by atoms with Gasteiger partial charge in [0.05, 0.1) is 5.56 Å². The molecule has 0 spiro atoms. The number of anilines is 1. The van der Waals surface area contributed by atoms with Gasteiger partial charge in [0.25, 0.3) is 0 Å². The van der Waals surface area contributed by atoms with Crippen molar-refractivity contribution in [2.24, 2.45) is 0 Å². The molecule has 0 heterocycles. The van der Waals surface area contributed by atoms with Crippen molar-refractivity contribution < 1.29 is 19.4 Å². The highest BCUT2D eigenvalue weighted by atomic mass is 16.6. The van der Waals surface area contributed by atoms with E-state index in [1.165, 1.54) is 17.0 Å². The van der Waals surface area contributed by atoms with Gasteiger partial charge < -0.3 is 9.84 Å². The van der Waals surface area contributed by atoms with Gasteiger partial charge in [-0.05, 0) is 37.6 Å². The molecule has 0 radical (unpaired) electrons. The van der Waals surface area contributed by atoms with E-state index < -0.39 is 12.1 Å². The van der Waals surface area contributed by atoms with Crippen LogP contribution in [0, 0.1) is 0 Å². The lowest BCUT2D eigenvalue weighted by Gasteiger charge is -2.26. The fraction of sp³-hybridized carbons (Fsp3) is 0.222. The Bertz CT molecular complexity index is 682. The second kappa shape index (κ2) is 7.45. The van der Waals surface area contributed by atoms with E-state index in [1.807, 2.05) is 44.2 Å². The lowest BCUT2D eigenvalue weighted by atomic mass is 10.1. The number of nitrogens with zero attached hydrogens (tertiary/aromatic N) is 1. The minimum absolute atomic E-state index is 0.129. The first-order valence-corrected chi connectivity index (χ1v) is 7.32. The number of carbonyl (C=O) groups excluding carboxylic acids is 1. The minimum Gasteiger partial charge on any atom is -0.478 e. The molecule has 0 saturated heterocycles. The maximum atomic E-state index is 12.4. The van der Waals surface area contributed by atoms with E-state index >= 15 is 0 Å². The number of carboxylic acid groups (broad SMARTS) is 1. The monoisotopic (exact) mass is 313 g/mol. The number of ether oxygens (including phenoxy) is 1. The average Bonchev–Trinajstić information content (AvgIpc) is 2.54. The van der Waals surface area contributed by atoms with Crippen LogP contribution in [0.4, 0.5) is 10.5 Å². The summed E-state index contributed by atoms with van der Waals surface area (Å²) in [5, 5.41) is 9.09. The van der Waals surface area contributed by atoms with Crippen molar-refractivity contribution in [3.63, 3.8) is 0 Å². The molecule has 0 saturated carbocycles. The molecule has 0 atom stereocenters. The van der Waals surface area contributed by atoms with Crippen molar-refractivity contribution >= 4 is 17.7 Å². The first kappa shape index (κ1) is 16.5. The van der Waals surface area contributed by atoms with Crippen LogP contribution < -0.4 is 4.90 Å². The standard InChI is InChI=1S/C18H19NO4/c1-13(2)19(16-10-6-9-15(11-16)17(20)21)18(22)23-12-14-7-4-3-5-8-14/h3-11,13H,12H2,1-2H3,(H,20,21). The first-order chi connectivity index (χ1) is 11.0. The summed E-state index contributed by atoms with van der Waals surface area (Å²) in [5.41, 5.74) is 1.52. The summed E-state index contributed by atoms with van der Waals surface area (Å²) in [6.07, 6.45) is -0.508. The summed E-state index contributed by atoms with van der Waals surface area (Å²) in [7, 11) is 0. The number of rotatable bonds is 5. The van der Waals surface area contributed by atoms with Gasteiger partial charge in [0, 0.05) is 11.7 Å². The molecule has 0 aromatic heterocycles. The molecular weight excluding hydrogens is 294 g/mol. The van der Waals surface area contributed by atoms with Gasteiger partial charge in [-0.2, -0.15) is 0 Å². The molecule has 2 rings (SSSR count). The largest absolute Gasteiger partial charge is 0.478 e. The van der Waals surface area contributed by atoms with Gasteiger partial charge in [-0.15, -0.1) is 0 Å². The van der Waals surface area contributed by atoms with Crippen molar-refractivity contribution in [2.75, 3.05) is 4.90 Å². The molecule has 23 heavy (non-hydrogen) atoms. The van der Waals surface area contributed by atoms with Crippen molar-refractivity contribution in [3.8, 4) is 0 Å². The van der Waals surface area contributed by atoms with E-state index in [-0.39, 0.29) is 18.2 Å². The van der Waals surface area contributed by atoms with E-state index in [2.05, 4.69) is 0 Å². The molecule has 5 nitrogen and oxygen atoms in total. The minimum atomic E-state index is -1.03. The van der Waals surface area contributed by atoms with Gasteiger partial charge in [-0.3, -0.25) is 4.90 Å². The number of hydrogen-bond acceptors (Lipinski definition) is 3. The van der Waals surface area contributed by atoms with Gasteiger partial charge in [0.15, 0.2) is 0 Å². The zero-order chi connectivity index (χ0) is 16.8. The van der Waals surface area contributed by atoms with Gasteiger partial charge >= 0.3 is 12.1 Å². The Hall–Kier alpha value is -2.82. The first-order valence-electron chi connectivity index (χ1n) is 7.32. The quantitative estimate of drug-likeness (QED) is 0.908. The molecule has 2 aromatic rings. The van der Waals surface area contributed by atoms with Crippen LogP contribution in [-0.4, -0.2) is 23.2 Å². The molecule has 0 aliphatic carbocycles. The van der Waals surface area contributed by atoms with Crippen LogP contribution in [0.15, 0.2) is 54.6 Å². The van der Waals surface area contributed by atoms with E-state index in [4.69, 9.17) is 9.84 Å². The molecule has 5 heteroatoms. The van der Waals surface area contributed by atoms with Gasteiger partial charge in [-0.25, -0.2) is 9.59 Å². The summed E-state index contributed by atoms with van der Waals surface area (Å²) in [5.74, 6) is -1.03. The zero-order valence-corrected chi connectivity index (χ0v) is 13.1. The zero-order valence-electron chi connectivity index (χ0n) is 13.1. The number of carbonyl (C=O) groups is 2. The van der Waals surface area contributed by atoms with Crippen LogP contribution in [0.5, 0.6) is 0 Å². The highest BCUT2D eigenvalue weighted by Crippen LogP contribution is 2.20. The van der Waals surface area contributed by atoms with Crippen LogP contribution in [0.1, 0.15) is 29.8 Å². The Kier molecular flexibility index (Phi) is 5.36. The number of benzene rings is 2. The fourth-order valence-corrected chi connectivity index (χ4v) is 2.19. The van der Waals surface area contributed by atoms with E-state index in [1.54, 1.807) is 12.1 Å². The fourth-order valence-electron chi connectivity index (χ4n) is 2.19. The second-order valence-electron chi connectivity index (χ2n) is 5.36. The topological polar surface area (TPSA) is 66.8 Å². The third-order valence-corrected chi connectivity index (χ3v) is 3.29. The van der Waals surface area contributed by atoms with Crippen molar-refractivity contribution in [1.29, 1.82) is 0 Å². The third kappa shape index (κ3) is 4.32. The highest BCUT2D eigenvalue weighted by molar-refractivity contribution is 5.92. The normalized spacial score (nSPS) is 10.4. The molecule has 120 valence electrons. The third-order valence-electron chi connectivity index (χ3n) is 3.29. The maximum Gasteiger partial charge on any atom is 0.414 e. The van der Waals surface area contributed by atoms with Crippen LogP contribution >= 0.6 is 0 Å². The van der Waals surface area contributed by atoms with Crippen LogP contribution in [-0.2, 0) is 11.3 Å². The molecule has 2 aromatic carbocycles. The molecule has 0 aliphatic rings. The number of amides is 1. The van der Waals surface area contributed by atoms with E-state index in [9.17, 15) is 9.59 Å². The highest BCUT2D eigenvalue weighted by Gasteiger charge is 2.21. The predicted octanol–water partition coefficient (Wildman–Crippen LogP) is 3.94. The van der Waals surface area contributed by atoms with Gasteiger partial charge in [0.1, 0.15) is 6.61 Å². The van der Waals surface area contributed by atoms with Crippen LogP contribution in [0.25, 0.3) is 0 Å². The van der Waals surface area contributed by atoms with Crippen molar-refractivity contribution in [3.05, 3.63) is 65.7 Å². The Morgan fingerprint density at radius 1 is 1.09 bits per heavy atom.